The van der Waals surface area contributed by atoms with Crippen LogP contribution in [-0.2, 0) is 13.0 Å². The molecule has 1 amide bonds. The lowest BCUT2D eigenvalue weighted by molar-refractivity contribution is 0.0933. The Balaban J connectivity index is 1.35. The molecule has 4 aromatic rings. The summed E-state index contributed by atoms with van der Waals surface area (Å²) in [6.07, 6.45) is 4.19. The van der Waals surface area contributed by atoms with E-state index in [2.05, 4.69) is 25.7 Å². The normalized spacial score (nSPS) is 15.9. The fourth-order valence-electron chi connectivity index (χ4n) is 3.71. The average Bonchev–Trinajstić information content (AvgIpc) is 3.42. The number of carbonyl (C=O) groups excluding carboxylic acids is 1. The molecule has 1 N–H and O–H groups in total. The smallest absolute Gasteiger partial charge is 0.259 e. The molecule has 0 bridgehead atoms. The second-order valence-electron chi connectivity index (χ2n) is 7.27. The van der Waals surface area contributed by atoms with Crippen molar-refractivity contribution >= 4 is 5.91 Å². The number of carbonyl (C=O) groups is 1. The van der Waals surface area contributed by atoms with Crippen LogP contribution in [0.15, 0.2) is 65.4 Å². The van der Waals surface area contributed by atoms with E-state index in [9.17, 15) is 4.79 Å². The van der Waals surface area contributed by atoms with E-state index in [1.54, 1.807) is 12.4 Å². The summed E-state index contributed by atoms with van der Waals surface area (Å²) < 4.78 is 7.52. The summed E-state index contributed by atoms with van der Waals surface area (Å²) in [5.41, 5.74) is 2.00. The van der Waals surface area contributed by atoms with Crippen LogP contribution in [0, 0.1) is 0 Å². The monoisotopic (exact) mass is 400 g/mol. The van der Waals surface area contributed by atoms with Gasteiger partial charge >= 0.3 is 0 Å². The van der Waals surface area contributed by atoms with Gasteiger partial charge in [-0.25, -0.2) is 0 Å². The second kappa shape index (κ2) is 7.90. The Bertz CT molecular complexity index is 1140. The molecule has 2 aromatic carbocycles. The fraction of sp³-hybridized carbons (Fsp3) is 0.227. The van der Waals surface area contributed by atoms with Gasteiger partial charge in [0.1, 0.15) is 12.2 Å². The molecule has 8 heteroatoms. The number of benzene rings is 2. The molecule has 30 heavy (non-hydrogen) atoms. The molecule has 1 unspecified atom stereocenters. The highest BCUT2D eigenvalue weighted by Crippen LogP contribution is 2.25. The van der Waals surface area contributed by atoms with Gasteiger partial charge in [0, 0.05) is 24.6 Å². The van der Waals surface area contributed by atoms with Gasteiger partial charge in [0.15, 0.2) is 0 Å². The summed E-state index contributed by atoms with van der Waals surface area (Å²) in [7, 11) is 0. The summed E-state index contributed by atoms with van der Waals surface area (Å²) in [6.45, 7) is 0.791. The lowest BCUT2D eigenvalue weighted by Crippen LogP contribution is -2.35. The van der Waals surface area contributed by atoms with Crippen molar-refractivity contribution in [3.8, 4) is 22.8 Å². The minimum atomic E-state index is -0.146. The summed E-state index contributed by atoms with van der Waals surface area (Å²) in [5, 5.41) is 15.3. The van der Waals surface area contributed by atoms with E-state index in [4.69, 9.17) is 4.52 Å². The van der Waals surface area contributed by atoms with E-state index < -0.39 is 0 Å². The maximum Gasteiger partial charge on any atom is 0.259 e. The topological polar surface area (TPSA) is 98.7 Å². The first kappa shape index (κ1) is 18.2. The Morgan fingerprint density at radius 1 is 1.07 bits per heavy atom. The van der Waals surface area contributed by atoms with Gasteiger partial charge in [0.05, 0.1) is 11.1 Å². The number of fused-ring (bicyclic) bond motifs is 1. The number of nitrogens with zero attached hydrogens (tertiary/aromatic N) is 5. The van der Waals surface area contributed by atoms with Gasteiger partial charge in [-0.15, -0.1) is 10.2 Å². The Labute approximate surface area is 173 Å². The molecule has 1 atom stereocenters. The first-order valence-electron chi connectivity index (χ1n) is 9.94. The first-order chi connectivity index (χ1) is 14.8. The van der Waals surface area contributed by atoms with Gasteiger partial charge in [-0.2, -0.15) is 4.98 Å². The molecule has 0 saturated heterocycles. The van der Waals surface area contributed by atoms with E-state index in [0.29, 0.717) is 22.8 Å². The van der Waals surface area contributed by atoms with Crippen LogP contribution in [0.3, 0.4) is 0 Å². The SMILES string of the molecule is O=C(NC1CCc2nncn2CC1)c1ccccc1-c1nc(-c2ccccc2)no1. The zero-order valence-electron chi connectivity index (χ0n) is 16.2. The number of rotatable bonds is 4. The number of hydrogen-bond donors (Lipinski definition) is 1. The molecule has 1 aliphatic heterocycles. The minimum absolute atomic E-state index is 0.0646. The van der Waals surface area contributed by atoms with Crippen LogP contribution in [-0.4, -0.2) is 36.9 Å². The molecule has 0 aliphatic carbocycles. The van der Waals surface area contributed by atoms with E-state index >= 15 is 0 Å². The third-order valence-corrected chi connectivity index (χ3v) is 5.33. The molecule has 0 saturated carbocycles. The number of aromatic nitrogens is 5. The fourth-order valence-corrected chi connectivity index (χ4v) is 3.71. The average molecular weight is 400 g/mol. The predicted molar refractivity (Wildman–Crippen MR) is 109 cm³/mol. The van der Waals surface area contributed by atoms with Gasteiger partial charge in [0.2, 0.25) is 5.82 Å². The van der Waals surface area contributed by atoms with E-state index in [-0.39, 0.29) is 11.9 Å². The van der Waals surface area contributed by atoms with Gasteiger partial charge in [-0.3, -0.25) is 4.79 Å². The van der Waals surface area contributed by atoms with E-state index in [1.165, 1.54) is 0 Å². The highest BCUT2D eigenvalue weighted by molar-refractivity contribution is 6.00. The van der Waals surface area contributed by atoms with Crippen molar-refractivity contribution in [2.45, 2.75) is 31.8 Å². The first-order valence-corrected chi connectivity index (χ1v) is 9.94. The van der Waals surface area contributed by atoms with Crippen LogP contribution in [0.25, 0.3) is 22.8 Å². The van der Waals surface area contributed by atoms with Gasteiger partial charge in [-0.05, 0) is 25.0 Å². The number of amides is 1. The summed E-state index contributed by atoms with van der Waals surface area (Å²) in [4.78, 5) is 17.6. The quantitative estimate of drug-likeness (QED) is 0.565. The number of nitrogens with one attached hydrogen (secondary N) is 1. The largest absolute Gasteiger partial charge is 0.349 e. The number of aryl methyl sites for hydroxylation is 2. The Kier molecular flexibility index (Phi) is 4.80. The zero-order valence-corrected chi connectivity index (χ0v) is 16.2. The minimum Gasteiger partial charge on any atom is -0.349 e. The molecular weight excluding hydrogens is 380 g/mol. The highest BCUT2D eigenvalue weighted by atomic mass is 16.5. The van der Waals surface area contributed by atoms with Crippen LogP contribution in [0.1, 0.15) is 29.0 Å². The summed E-state index contributed by atoms with van der Waals surface area (Å²) in [6, 6.07) is 17.0. The van der Waals surface area contributed by atoms with Gasteiger partial charge in [-0.1, -0.05) is 47.6 Å². The molecular formula is C22H20N6O2. The van der Waals surface area contributed by atoms with Crippen molar-refractivity contribution in [2.75, 3.05) is 0 Å². The molecule has 8 nitrogen and oxygen atoms in total. The predicted octanol–water partition coefficient (Wildman–Crippen LogP) is 3.13. The summed E-state index contributed by atoms with van der Waals surface area (Å²) >= 11 is 0. The number of hydrogen-bond acceptors (Lipinski definition) is 6. The van der Waals surface area contributed by atoms with Crippen LogP contribution in [0.4, 0.5) is 0 Å². The van der Waals surface area contributed by atoms with Crippen LogP contribution in [0.2, 0.25) is 0 Å². The van der Waals surface area contributed by atoms with Crippen LogP contribution < -0.4 is 5.32 Å². The second-order valence-corrected chi connectivity index (χ2v) is 7.27. The van der Waals surface area contributed by atoms with Gasteiger partial charge < -0.3 is 14.4 Å². The Morgan fingerprint density at radius 3 is 2.80 bits per heavy atom. The molecule has 2 aromatic heterocycles. The van der Waals surface area contributed by atoms with E-state index in [1.807, 2.05) is 53.1 Å². The molecule has 0 fully saturated rings. The molecule has 150 valence electrons. The molecule has 3 heterocycles. The highest BCUT2D eigenvalue weighted by Gasteiger charge is 2.22. The zero-order chi connectivity index (χ0) is 20.3. The van der Waals surface area contributed by atoms with Crippen LogP contribution in [0.5, 0.6) is 0 Å². The molecule has 1 aliphatic rings. The molecule has 0 radical (unpaired) electrons. The van der Waals surface area contributed by atoms with Crippen molar-refractivity contribution < 1.29 is 9.32 Å². The van der Waals surface area contributed by atoms with E-state index in [0.717, 1.165) is 37.2 Å². The maximum atomic E-state index is 13.1. The van der Waals surface area contributed by atoms with Crippen molar-refractivity contribution in [3.05, 3.63) is 72.3 Å². The van der Waals surface area contributed by atoms with Crippen LogP contribution >= 0.6 is 0 Å². The lowest BCUT2D eigenvalue weighted by atomic mass is 10.0. The van der Waals surface area contributed by atoms with Crippen molar-refractivity contribution in [1.82, 2.24) is 30.2 Å². The third-order valence-electron chi connectivity index (χ3n) is 5.33. The standard InChI is InChI=1S/C22H20N6O2/c29-21(24-16-10-11-19-26-23-14-28(19)13-12-16)17-8-4-5-9-18(17)22-25-20(27-30-22)15-6-2-1-3-7-15/h1-9,14,16H,10-13H2,(H,24,29). The van der Waals surface area contributed by atoms with Gasteiger partial charge in [0.25, 0.3) is 11.8 Å². The molecule has 0 spiro atoms. The van der Waals surface area contributed by atoms with Crippen molar-refractivity contribution in [3.63, 3.8) is 0 Å². The molecule has 5 rings (SSSR count). The maximum absolute atomic E-state index is 13.1. The lowest BCUT2D eigenvalue weighted by Gasteiger charge is -2.16. The Morgan fingerprint density at radius 2 is 1.90 bits per heavy atom. The summed E-state index contributed by atoms with van der Waals surface area (Å²) in [5.74, 6) is 1.64. The van der Waals surface area contributed by atoms with Crippen molar-refractivity contribution in [1.29, 1.82) is 0 Å². The van der Waals surface area contributed by atoms with Crippen molar-refractivity contribution in [2.24, 2.45) is 0 Å². The third kappa shape index (κ3) is 3.59. The Hall–Kier alpha value is -3.81.